The molecule has 2 amide bonds. The SMILES string of the molecule is COc1ccc(C)cc1NC(=O)CNC(=O)COC(=O)CSc1ccccc1. The highest BCUT2D eigenvalue weighted by Crippen LogP contribution is 2.24. The molecule has 2 N–H and O–H groups in total. The minimum Gasteiger partial charge on any atom is -0.495 e. The summed E-state index contributed by atoms with van der Waals surface area (Å²) in [5, 5.41) is 5.08. The lowest BCUT2D eigenvalue weighted by atomic mass is 10.2. The van der Waals surface area contributed by atoms with Crippen molar-refractivity contribution in [3.63, 3.8) is 0 Å². The lowest BCUT2D eigenvalue weighted by molar-refractivity contribution is -0.146. The minimum atomic E-state index is -0.551. The van der Waals surface area contributed by atoms with Gasteiger partial charge in [0, 0.05) is 4.90 Å². The number of hydrogen-bond donors (Lipinski definition) is 2. The number of rotatable bonds is 9. The average Bonchev–Trinajstić information content (AvgIpc) is 2.70. The Morgan fingerprint density at radius 3 is 2.50 bits per heavy atom. The fourth-order valence-corrected chi connectivity index (χ4v) is 2.91. The Balaban J connectivity index is 1.68. The third kappa shape index (κ3) is 7.32. The number of hydrogen-bond acceptors (Lipinski definition) is 6. The fraction of sp³-hybridized carbons (Fsp3) is 0.250. The van der Waals surface area contributed by atoms with Gasteiger partial charge in [0.2, 0.25) is 5.91 Å². The van der Waals surface area contributed by atoms with Gasteiger partial charge in [0.15, 0.2) is 6.61 Å². The van der Waals surface area contributed by atoms with Crippen LogP contribution in [0.3, 0.4) is 0 Å². The third-order valence-electron chi connectivity index (χ3n) is 3.54. The predicted octanol–water partition coefficient (Wildman–Crippen LogP) is 2.39. The number of benzene rings is 2. The van der Waals surface area contributed by atoms with Crippen LogP contribution in [-0.4, -0.2) is 43.8 Å². The summed E-state index contributed by atoms with van der Waals surface area (Å²) < 4.78 is 10.1. The second kappa shape index (κ2) is 11.0. The van der Waals surface area contributed by atoms with Gasteiger partial charge < -0.3 is 20.1 Å². The van der Waals surface area contributed by atoms with Crippen molar-refractivity contribution in [2.24, 2.45) is 0 Å². The molecule has 0 aliphatic rings. The van der Waals surface area contributed by atoms with Crippen LogP contribution in [0.15, 0.2) is 53.4 Å². The topological polar surface area (TPSA) is 93.7 Å². The number of carbonyl (C=O) groups is 3. The van der Waals surface area contributed by atoms with E-state index in [2.05, 4.69) is 10.6 Å². The number of anilines is 1. The molecule has 0 atom stereocenters. The molecule has 0 spiro atoms. The van der Waals surface area contributed by atoms with Crippen molar-refractivity contribution < 1.29 is 23.9 Å². The zero-order valence-corrected chi connectivity index (χ0v) is 16.5. The van der Waals surface area contributed by atoms with Crippen LogP contribution in [-0.2, 0) is 19.1 Å². The van der Waals surface area contributed by atoms with Crippen LogP contribution in [0.5, 0.6) is 5.75 Å². The first-order valence-electron chi connectivity index (χ1n) is 8.52. The molecule has 148 valence electrons. The van der Waals surface area contributed by atoms with Crippen LogP contribution in [0.1, 0.15) is 5.56 Å². The summed E-state index contributed by atoms with van der Waals surface area (Å²) >= 11 is 1.32. The van der Waals surface area contributed by atoms with Gasteiger partial charge in [-0.05, 0) is 36.8 Å². The number of thioether (sulfide) groups is 1. The summed E-state index contributed by atoms with van der Waals surface area (Å²) in [6.45, 7) is 1.21. The minimum absolute atomic E-state index is 0.102. The molecule has 0 saturated carbocycles. The highest BCUT2D eigenvalue weighted by Gasteiger charge is 2.11. The van der Waals surface area contributed by atoms with Crippen molar-refractivity contribution in [3.05, 3.63) is 54.1 Å². The van der Waals surface area contributed by atoms with Gasteiger partial charge in [0.25, 0.3) is 5.91 Å². The van der Waals surface area contributed by atoms with E-state index in [9.17, 15) is 14.4 Å². The van der Waals surface area contributed by atoms with E-state index in [4.69, 9.17) is 9.47 Å². The molecule has 0 heterocycles. The highest BCUT2D eigenvalue weighted by atomic mass is 32.2. The van der Waals surface area contributed by atoms with Gasteiger partial charge in [-0.15, -0.1) is 11.8 Å². The lowest BCUT2D eigenvalue weighted by Crippen LogP contribution is -2.35. The van der Waals surface area contributed by atoms with Gasteiger partial charge in [-0.1, -0.05) is 24.3 Å². The monoisotopic (exact) mass is 402 g/mol. The Hall–Kier alpha value is -3.00. The van der Waals surface area contributed by atoms with E-state index in [0.29, 0.717) is 11.4 Å². The molecular formula is C20H22N2O5S. The highest BCUT2D eigenvalue weighted by molar-refractivity contribution is 8.00. The largest absolute Gasteiger partial charge is 0.495 e. The van der Waals surface area contributed by atoms with Crippen LogP contribution >= 0.6 is 11.8 Å². The first kappa shape index (κ1) is 21.3. The van der Waals surface area contributed by atoms with Crippen LogP contribution in [0.2, 0.25) is 0 Å². The lowest BCUT2D eigenvalue weighted by Gasteiger charge is -2.11. The summed E-state index contributed by atoms with van der Waals surface area (Å²) in [6.07, 6.45) is 0. The maximum atomic E-state index is 12.0. The molecule has 2 aromatic rings. The van der Waals surface area contributed by atoms with Crippen LogP contribution in [0, 0.1) is 6.92 Å². The molecule has 0 fully saturated rings. The number of amides is 2. The first-order chi connectivity index (χ1) is 13.5. The molecule has 0 saturated heterocycles. The molecule has 2 aromatic carbocycles. The zero-order chi connectivity index (χ0) is 20.4. The van der Waals surface area contributed by atoms with Crippen LogP contribution in [0.4, 0.5) is 5.69 Å². The normalized spacial score (nSPS) is 10.1. The average molecular weight is 402 g/mol. The van der Waals surface area contributed by atoms with E-state index in [0.717, 1.165) is 10.5 Å². The predicted molar refractivity (Wildman–Crippen MR) is 107 cm³/mol. The summed E-state index contributed by atoms with van der Waals surface area (Å²) in [5.41, 5.74) is 1.48. The standard InChI is InChI=1S/C20H22N2O5S/c1-14-8-9-17(26-2)16(10-14)22-18(23)11-21-19(24)12-27-20(25)13-28-15-6-4-3-5-7-15/h3-10H,11-13H2,1-2H3,(H,21,24)(H,22,23). The zero-order valence-electron chi connectivity index (χ0n) is 15.7. The quantitative estimate of drug-likeness (QED) is 0.494. The molecule has 0 aliphatic carbocycles. The van der Waals surface area contributed by atoms with Crippen molar-refractivity contribution in [1.29, 1.82) is 0 Å². The van der Waals surface area contributed by atoms with Crippen molar-refractivity contribution in [2.45, 2.75) is 11.8 Å². The van der Waals surface area contributed by atoms with E-state index in [1.165, 1.54) is 18.9 Å². The van der Waals surface area contributed by atoms with Crippen LogP contribution in [0.25, 0.3) is 0 Å². The Morgan fingerprint density at radius 2 is 1.79 bits per heavy atom. The van der Waals surface area contributed by atoms with E-state index in [1.54, 1.807) is 12.1 Å². The van der Waals surface area contributed by atoms with E-state index in [-0.39, 0.29) is 12.3 Å². The second-order valence-electron chi connectivity index (χ2n) is 5.79. The van der Waals surface area contributed by atoms with E-state index < -0.39 is 24.4 Å². The number of aryl methyl sites for hydroxylation is 1. The Kier molecular flexibility index (Phi) is 8.36. The van der Waals surface area contributed by atoms with Crippen LogP contribution < -0.4 is 15.4 Å². The number of methoxy groups -OCH3 is 1. The van der Waals surface area contributed by atoms with Crippen molar-refractivity contribution in [2.75, 3.05) is 31.3 Å². The maximum Gasteiger partial charge on any atom is 0.316 e. The Labute approximate surface area is 167 Å². The third-order valence-corrected chi connectivity index (χ3v) is 4.52. The Bertz CT molecular complexity index is 827. The molecule has 0 bridgehead atoms. The van der Waals surface area contributed by atoms with Gasteiger partial charge in [-0.3, -0.25) is 14.4 Å². The van der Waals surface area contributed by atoms with Gasteiger partial charge in [-0.25, -0.2) is 0 Å². The van der Waals surface area contributed by atoms with Gasteiger partial charge in [-0.2, -0.15) is 0 Å². The molecule has 0 unspecified atom stereocenters. The molecule has 7 nitrogen and oxygen atoms in total. The number of esters is 1. The number of carbonyl (C=O) groups excluding carboxylic acids is 3. The molecule has 0 aliphatic heterocycles. The van der Waals surface area contributed by atoms with Crippen molar-refractivity contribution in [3.8, 4) is 5.75 Å². The van der Waals surface area contributed by atoms with Gasteiger partial charge in [0.05, 0.1) is 25.1 Å². The van der Waals surface area contributed by atoms with E-state index >= 15 is 0 Å². The van der Waals surface area contributed by atoms with Gasteiger partial charge in [0.1, 0.15) is 5.75 Å². The van der Waals surface area contributed by atoms with Crippen molar-refractivity contribution in [1.82, 2.24) is 5.32 Å². The number of ether oxygens (including phenoxy) is 2. The number of nitrogens with one attached hydrogen (secondary N) is 2. The molecule has 8 heteroatoms. The van der Waals surface area contributed by atoms with Gasteiger partial charge >= 0.3 is 5.97 Å². The summed E-state index contributed by atoms with van der Waals surface area (Å²) in [7, 11) is 1.51. The molecule has 28 heavy (non-hydrogen) atoms. The molecule has 0 radical (unpaired) electrons. The van der Waals surface area contributed by atoms with E-state index in [1.807, 2.05) is 43.3 Å². The first-order valence-corrected chi connectivity index (χ1v) is 9.51. The molecular weight excluding hydrogens is 380 g/mol. The molecule has 2 rings (SSSR count). The second-order valence-corrected chi connectivity index (χ2v) is 6.84. The summed E-state index contributed by atoms with van der Waals surface area (Å²) in [5.74, 6) is -0.842. The summed E-state index contributed by atoms with van der Waals surface area (Å²) in [4.78, 5) is 36.4. The maximum absolute atomic E-state index is 12.0. The van der Waals surface area contributed by atoms with Crippen molar-refractivity contribution >= 4 is 35.2 Å². The smallest absolute Gasteiger partial charge is 0.316 e. The summed E-state index contributed by atoms with van der Waals surface area (Å²) in [6, 6.07) is 14.8. The Morgan fingerprint density at radius 1 is 1.04 bits per heavy atom. The fourth-order valence-electron chi connectivity index (χ4n) is 2.19. The molecule has 0 aromatic heterocycles.